The molecule has 8 heteroatoms. The lowest BCUT2D eigenvalue weighted by Crippen LogP contribution is -2.54. The lowest BCUT2D eigenvalue weighted by molar-refractivity contribution is -0.133. The van der Waals surface area contributed by atoms with E-state index in [4.69, 9.17) is 5.11 Å². The van der Waals surface area contributed by atoms with E-state index >= 15 is 0 Å². The summed E-state index contributed by atoms with van der Waals surface area (Å²) in [4.78, 5) is 32.6. The van der Waals surface area contributed by atoms with Gasteiger partial charge in [-0.25, -0.2) is 9.78 Å². The Morgan fingerprint density at radius 3 is 2.68 bits per heavy atom. The van der Waals surface area contributed by atoms with Gasteiger partial charge in [-0.05, 0) is 37.5 Å². The summed E-state index contributed by atoms with van der Waals surface area (Å²) in [6.07, 6.45) is 14.4. The molecular formula is C20H27N3O3S2. The van der Waals surface area contributed by atoms with Gasteiger partial charge in [-0.2, -0.15) is 0 Å². The number of amides is 2. The summed E-state index contributed by atoms with van der Waals surface area (Å²) in [5.41, 5.74) is 0. The highest BCUT2D eigenvalue weighted by molar-refractivity contribution is 8.01. The van der Waals surface area contributed by atoms with Gasteiger partial charge < -0.3 is 10.0 Å². The molecule has 1 aromatic heterocycles. The van der Waals surface area contributed by atoms with Gasteiger partial charge in [0.15, 0.2) is 5.13 Å². The van der Waals surface area contributed by atoms with Crippen LogP contribution in [0.1, 0.15) is 44.9 Å². The van der Waals surface area contributed by atoms with Crippen LogP contribution in [0.15, 0.2) is 22.6 Å². The molecule has 6 nitrogen and oxygen atoms in total. The summed E-state index contributed by atoms with van der Waals surface area (Å²) in [6.45, 7) is 0. The van der Waals surface area contributed by atoms with Crippen molar-refractivity contribution in [1.29, 1.82) is 0 Å². The minimum absolute atomic E-state index is 0.00493. The van der Waals surface area contributed by atoms with Crippen LogP contribution in [0.25, 0.3) is 0 Å². The van der Waals surface area contributed by atoms with Crippen molar-refractivity contribution in [2.45, 2.75) is 61.2 Å². The highest BCUT2D eigenvalue weighted by atomic mass is 32.2. The number of thioether (sulfide) groups is 1. The van der Waals surface area contributed by atoms with Crippen molar-refractivity contribution in [1.82, 2.24) is 9.88 Å². The van der Waals surface area contributed by atoms with Gasteiger partial charge in [0.2, 0.25) is 0 Å². The minimum atomic E-state index is -0.850. The number of hydrogen-bond donors (Lipinski definition) is 1. The quantitative estimate of drug-likeness (QED) is 0.542. The number of hydrogen-bond acceptors (Lipinski definition) is 5. The number of urea groups is 1. The van der Waals surface area contributed by atoms with Crippen LogP contribution in [-0.4, -0.2) is 51.9 Å². The number of aromatic nitrogens is 1. The second kappa shape index (κ2) is 8.45. The number of fused-ring (bicyclic) bond motifs is 2. The average Bonchev–Trinajstić information content (AvgIpc) is 3.44. The summed E-state index contributed by atoms with van der Waals surface area (Å²) >= 11 is 2.63. The predicted octanol–water partition coefficient (Wildman–Crippen LogP) is 4.48. The standard InChI is InChI=1S/C20H27N3O3S2/c1-22(19-21-11-18(28-19)27-12-17(24)25)20(26)23(15-5-3-2-4-6-15)16-10-13-7-8-14(16)9-13/h7-8,11,13-16H,2-6,9-10,12H2,1H3,(H,24,25). The maximum atomic E-state index is 13.6. The van der Waals surface area contributed by atoms with E-state index in [-0.39, 0.29) is 11.8 Å². The van der Waals surface area contributed by atoms with Crippen LogP contribution < -0.4 is 4.90 Å². The molecular weight excluding hydrogens is 394 g/mol. The molecule has 3 aliphatic rings. The molecule has 1 aromatic rings. The monoisotopic (exact) mass is 421 g/mol. The molecule has 2 amide bonds. The number of carbonyl (C=O) groups excluding carboxylic acids is 1. The molecule has 152 valence electrons. The Morgan fingerprint density at radius 1 is 1.25 bits per heavy atom. The molecule has 3 unspecified atom stereocenters. The van der Waals surface area contributed by atoms with E-state index in [0.29, 0.717) is 29.1 Å². The van der Waals surface area contributed by atoms with E-state index in [2.05, 4.69) is 22.0 Å². The van der Waals surface area contributed by atoms with Crippen LogP contribution in [0, 0.1) is 11.8 Å². The molecule has 3 atom stereocenters. The molecule has 0 spiro atoms. The number of carbonyl (C=O) groups is 2. The van der Waals surface area contributed by atoms with Gasteiger partial charge in [0.1, 0.15) is 0 Å². The van der Waals surface area contributed by atoms with Gasteiger partial charge in [0.05, 0.1) is 16.2 Å². The molecule has 2 fully saturated rings. The zero-order valence-electron chi connectivity index (χ0n) is 16.1. The first-order chi connectivity index (χ1) is 13.5. The van der Waals surface area contributed by atoms with E-state index in [1.165, 1.54) is 48.8 Å². The maximum absolute atomic E-state index is 13.6. The Labute approximate surface area is 174 Å². The van der Waals surface area contributed by atoms with E-state index in [9.17, 15) is 9.59 Å². The molecule has 0 aromatic carbocycles. The Bertz CT molecular complexity index is 760. The number of allylic oxidation sites excluding steroid dienone is 1. The summed E-state index contributed by atoms with van der Waals surface area (Å²) < 4.78 is 0.823. The molecule has 28 heavy (non-hydrogen) atoms. The van der Waals surface area contributed by atoms with Gasteiger partial charge >= 0.3 is 12.0 Å². The highest BCUT2D eigenvalue weighted by Crippen LogP contribution is 2.44. The molecule has 3 aliphatic carbocycles. The first kappa shape index (κ1) is 19.8. The highest BCUT2D eigenvalue weighted by Gasteiger charge is 2.44. The third-order valence-electron chi connectivity index (χ3n) is 6.17. The number of aliphatic carboxylic acids is 1. The Balaban J connectivity index is 1.51. The number of thiazole rings is 1. The minimum Gasteiger partial charge on any atom is -0.481 e. The fourth-order valence-electron chi connectivity index (χ4n) is 4.86. The van der Waals surface area contributed by atoms with Gasteiger partial charge in [-0.1, -0.05) is 42.8 Å². The lowest BCUT2D eigenvalue weighted by atomic mass is 9.90. The SMILES string of the molecule is CN(C(=O)N(C1CCCCC1)C1CC2C=CC1C2)c1ncc(SCC(=O)O)s1. The van der Waals surface area contributed by atoms with E-state index in [1.54, 1.807) is 18.1 Å². The van der Waals surface area contributed by atoms with Crippen LogP contribution in [-0.2, 0) is 4.79 Å². The molecule has 0 aliphatic heterocycles. The van der Waals surface area contributed by atoms with E-state index in [1.807, 2.05) is 0 Å². The summed E-state index contributed by atoms with van der Waals surface area (Å²) in [7, 11) is 1.80. The number of rotatable bonds is 6. The lowest BCUT2D eigenvalue weighted by Gasteiger charge is -2.42. The largest absolute Gasteiger partial charge is 0.481 e. The zero-order valence-corrected chi connectivity index (χ0v) is 17.8. The second-order valence-electron chi connectivity index (χ2n) is 8.03. The van der Waals surface area contributed by atoms with Crippen molar-refractivity contribution in [3.05, 3.63) is 18.3 Å². The first-order valence-electron chi connectivity index (χ1n) is 10.1. The fourth-order valence-corrected chi connectivity index (χ4v) is 6.49. The van der Waals surface area contributed by atoms with Crippen molar-refractivity contribution < 1.29 is 14.7 Å². The van der Waals surface area contributed by atoms with Gasteiger partial charge in [-0.15, -0.1) is 11.8 Å². The summed E-state index contributed by atoms with van der Waals surface area (Å²) in [5.74, 6) is 0.267. The van der Waals surface area contributed by atoms with E-state index in [0.717, 1.165) is 23.5 Å². The molecule has 2 saturated carbocycles. The maximum Gasteiger partial charge on any atom is 0.326 e. The molecule has 2 bridgehead atoms. The van der Waals surface area contributed by atoms with Crippen LogP contribution in [0.2, 0.25) is 0 Å². The number of carboxylic acid groups (broad SMARTS) is 1. The molecule has 0 radical (unpaired) electrons. The van der Waals surface area contributed by atoms with Crippen molar-refractivity contribution in [2.24, 2.45) is 11.8 Å². The third kappa shape index (κ3) is 4.08. The van der Waals surface area contributed by atoms with Gasteiger partial charge in [-0.3, -0.25) is 9.69 Å². The zero-order chi connectivity index (χ0) is 19.7. The van der Waals surface area contributed by atoms with Crippen LogP contribution in [0.5, 0.6) is 0 Å². The smallest absolute Gasteiger partial charge is 0.326 e. The fraction of sp³-hybridized carbons (Fsp3) is 0.650. The molecule has 4 rings (SSSR count). The topological polar surface area (TPSA) is 73.7 Å². The number of carboxylic acids is 1. The van der Waals surface area contributed by atoms with Crippen molar-refractivity contribution in [3.63, 3.8) is 0 Å². The summed E-state index contributed by atoms with van der Waals surface area (Å²) in [5, 5.41) is 9.49. The average molecular weight is 422 g/mol. The second-order valence-corrected chi connectivity index (χ2v) is 10.3. The van der Waals surface area contributed by atoms with Crippen molar-refractivity contribution >= 4 is 40.2 Å². The number of anilines is 1. The first-order valence-corrected chi connectivity index (χ1v) is 11.9. The predicted molar refractivity (Wildman–Crippen MR) is 112 cm³/mol. The molecule has 1 heterocycles. The molecule has 1 N–H and O–H groups in total. The third-order valence-corrected chi connectivity index (χ3v) is 8.43. The van der Waals surface area contributed by atoms with Crippen molar-refractivity contribution in [2.75, 3.05) is 17.7 Å². The summed E-state index contributed by atoms with van der Waals surface area (Å²) in [6, 6.07) is 0.665. The Morgan fingerprint density at radius 2 is 2.04 bits per heavy atom. The van der Waals surface area contributed by atoms with Crippen LogP contribution >= 0.6 is 23.1 Å². The Hall–Kier alpha value is -1.54. The van der Waals surface area contributed by atoms with Gasteiger partial charge in [0.25, 0.3) is 0 Å². The molecule has 0 saturated heterocycles. The van der Waals surface area contributed by atoms with Crippen LogP contribution in [0.3, 0.4) is 0 Å². The number of nitrogens with zero attached hydrogens (tertiary/aromatic N) is 3. The Kier molecular flexibility index (Phi) is 5.96. The normalized spacial score (nSPS) is 26.5. The van der Waals surface area contributed by atoms with E-state index < -0.39 is 5.97 Å². The van der Waals surface area contributed by atoms with Gasteiger partial charge in [0, 0.05) is 19.1 Å². The van der Waals surface area contributed by atoms with Crippen LogP contribution in [0.4, 0.5) is 9.93 Å². The van der Waals surface area contributed by atoms with Crippen molar-refractivity contribution in [3.8, 4) is 0 Å².